The molecule has 0 amide bonds. The SMILES string of the molecule is CC(CO)CSCc1ccc(Br)cc1F. The van der Waals surface area contributed by atoms with Crippen LogP contribution in [-0.4, -0.2) is 17.5 Å². The Morgan fingerprint density at radius 2 is 2.27 bits per heavy atom. The minimum Gasteiger partial charge on any atom is -0.396 e. The van der Waals surface area contributed by atoms with E-state index in [0.29, 0.717) is 11.3 Å². The lowest BCUT2D eigenvalue weighted by molar-refractivity contribution is 0.250. The molecule has 1 aromatic rings. The molecule has 0 aliphatic carbocycles. The molecule has 0 bridgehead atoms. The second-order valence-corrected chi connectivity index (χ2v) is 5.48. The van der Waals surface area contributed by atoms with E-state index in [0.717, 1.165) is 10.2 Å². The highest BCUT2D eigenvalue weighted by Crippen LogP contribution is 2.20. The van der Waals surface area contributed by atoms with Crippen molar-refractivity contribution in [3.05, 3.63) is 34.1 Å². The van der Waals surface area contributed by atoms with E-state index < -0.39 is 0 Å². The van der Waals surface area contributed by atoms with Gasteiger partial charge in [-0.2, -0.15) is 11.8 Å². The fourth-order valence-corrected chi connectivity index (χ4v) is 2.47. The third-order valence-corrected chi connectivity index (χ3v) is 3.80. The van der Waals surface area contributed by atoms with E-state index in [2.05, 4.69) is 15.9 Å². The van der Waals surface area contributed by atoms with E-state index in [-0.39, 0.29) is 18.3 Å². The van der Waals surface area contributed by atoms with Crippen molar-refractivity contribution in [3.8, 4) is 0 Å². The summed E-state index contributed by atoms with van der Waals surface area (Å²) in [7, 11) is 0. The normalized spacial score (nSPS) is 12.8. The highest BCUT2D eigenvalue weighted by molar-refractivity contribution is 9.10. The van der Waals surface area contributed by atoms with E-state index >= 15 is 0 Å². The van der Waals surface area contributed by atoms with Gasteiger partial charge in [-0.3, -0.25) is 0 Å². The van der Waals surface area contributed by atoms with Crippen LogP contribution in [-0.2, 0) is 5.75 Å². The Labute approximate surface area is 102 Å². The van der Waals surface area contributed by atoms with Crippen molar-refractivity contribution in [2.75, 3.05) is 12.4 Å². The van der Waals surface area contributed by atoms with Gasteiger partial charge in [-0.05, 0) is 29.4 Å². The highest BCUT2D eigenvalue weighted by atomic mass is 79.9. The summed E-state index contributed by atoms with van der Waals surface area (Å²) in [5, 5.41) is 8.83. The first-order valence-corrected chi connectivity index (χ1v) is 6.70. The lowest BCUT2D eigenvalue weighted by atomic mass is 10.2. The molecule has 1 unspecified atom stereocenters. The number of aliphatic hydroxyl groups excluding tert-OH is 1. The first-order chi connectivity index (χ1) is 7.13. The number of benzene rings is 1. The van der Waals surface area contributed by atoms with Crippen LogP contribution in [0.2, 0.25) is 0 Å². The van der Waals surface area contributed by atoms with Gasteiger partial charge in [-0.1, -0.05) is 28.9 Å². The number of thioether (sulfide) groups is 1. The van der Waals surface area contributed by atoms with Gasteiger partial charge in [-0.25, -0.2) is 4.39 Å². The van der Waals surface area contributed by atoms with Crippen molar-refractivity contribution in [3.63, 3.8) is 0 Å². The molecule has 1 N–H and O–H groups in total. The third kappa shape index (κ3) is 4.53. The minimum atomic E-state index is -0.173. The molecule has 0 heterocycles. The summed E-state index contributed by atoms with van der Waals surface area (Å²) in [6, 6.07) is 5.11. The molecular weight excluding hydrogens is 279 g/mol. The quantitative estimate of drug-likeness (QED) is 0.897. The largest absolute Gasteiger partial charge is 0.396 e. The number of aliphatic hydroxyl groups is 1. The Morgan fingerprint density at radius 3 is 2.87 bits per heavy atom. The Hall–Kier alpha value is -0.0600. The number of halogens is 2. The average Bonchev–Trinajstić information content (AvgIpc) is 2.21. The topological polar surface area (TPSA) is 20.2 Å². The zero-order valence-electron chi connectivity index (χ0n) is 8.54. The van der Waals surface area contributed by atoms with Gasteiger partial charge >= 0.3 is 0 Å². The molecule has 1 rings (SSSR count). The Bertz CT molecular complexity index is 319. The Balaban J connectivity index is 2.44. The van der Waals surface area contributed by atoms with Gasteiger partial charge in [0.25, 0.3) is 0 Å². The van der Waals surface area contributed by atoms with Crippen LogP contribution in [0.25, 0.3) is 0 Å². The zero-order valence-corrected chi connectivity index (χ0v) is 10.9. The second kappa shape index (κ2) is 6.51. The van der Waals surface area contributed by atoms with Crippen molar-refractivity contribution in [1.82, 2.24) is 0 Å². The third-order valence-electron chi connectivity index (χ3n) is 1.99. The van der Waals surface area contributed by atoms with Gasteiger partial charge in [0, 0.05) is 16.8 Å². The maximum absolute atomic E-state index is 13.4. The molecule has 1 atom stereocenters. The Kier molecular flexibility index (Phi) is 5.64. The molecule has 1 nitrogen and oxygen atoms in total. The summed E-state index contributed by atoms with van der Waals surface area (Å²) >= 11 is 4.86. The number of hydrogen-bond donors (Lipinski definition) is 1. The number of rotatable bonds is 5. The summed E-state index contributed by atoms with van der Waals surface area (Å²) in [4.78, 5) is 0. The van der Waals surface area contributed by atoms with Gasteiger partial charge in [0.1, 0.15) is 5.82 Å². The zero-order chi connectivity index (χ0) is 11.3. The van der Waals surface area contributed by atoms with Gasteiger partial charge in [0.2, 0.25) is 0 Å². The maximum atomic E-state index is 13.4. The van der Waals surface area contributed by atoms with E-state index in [4.69, 9.17) is 5.11 Å². The molecule has 0 fully saturated rings. The summed E-state index contributed by atoms with van der Waals surface area (Å²) in [6.07, 6.45) is 0. The van der Waals surface area contributed by atoms with Crippen molar-refractivity contribution in [2.24, 2.45) is 5.92 Å². The van der Waals surface area contributed by atoms with Crippen LogP contribution >= 0.6 is 27.7 Å². The van der Waals surface area contributed by atoms with Crippen molar-refractivity contribution >= 4 is 27.7 Å². The molecule has 0 aliphatic rings. The van der Waals surface area contributed by atoms with Crippen molar-refractivity contribution < 1.29 is 9.50 Å². The molecule has 0 saturated heterocycles. The Morgan fingerprint density at radius 1 is 1.53 bits per heavy atom. The van der Waals surface area contributed by atoms with Crippen LogP contribution in [0.5, 0.6) is 0 Å². The van der Waals surface area contributed by atoms with Crippen molar-refractivity contribution in [1.29, 1.82) is 0 Å². The maximum Gasteiger partial charge on any atom is 0.128 e. The fourth-order valence-electron chi connectivity index (χ4n) is 1.06. The van der Waals surface area contributed by atoms with Crippen LogP contribution in [0.15, 0.2) is 22.7 Å². The second-order valence-electron chi connectivity index (χ2n) is 3.54. The molecule has 0 radical (unpaired) electrons. The summed E-state index contributed by atoms with van der Waals surface area (Å²) in [5.41, 5.74) is 0.716. The van der Waals surface area contributed by atoms with E-state index in [9.17, 15) is 4.39 Å². The van der Waals surface area contributed by atoms with Crippen molar-refractivity contribution in [2.45, 2.75) is 12.7 Å². The van der Waals surface area contributed by atoms with E-state index in [1.54, 1.807) is 17.8 Å². The van der Waals surface area contributed by atoms with Crippen LogP contribution in [0.3, 0.4) is 0 Å². The lowest BCUT2D eigenvalue weighted by Crippen LogP contribution is -2.03. The van der Waals surface area contributed by atoms with Crippen LogP contribution in [0.4, 0.5) is 4.39 Å². The highest BCUT2D eigenvalue weighted by Gasteiger charge is 2.04. The van der Waals surface area contributed by atoms with Gasteiger partial charge in [-0.15, -0.1) is 0 Å². The summed E-state index contributed by atoms with van der Waals surface area (Å²) < 4.78 is 14.1. The van der Waals surface area contributed by atoms with Crippen LogP contribution < -0.4 is 0 Å². The van der Waals surface area contributed by atoms with Gasteiger partial charge < -0.3 is 5.11 Å². The standard InChI is InChI=1S/C11H14BrFOS/c1-8(5-14)6-15-7-9-2-3-10(12)4-11(9)13/h2-4,8,14H,5-7H2,1H3. The summed E-state index contributed by atoms with van der Waals surface area (Å²) in [5.74, 6) is 1.61. The lowest BCUT2D eigenvalue weighted by Gasteiger charge is -2.07. The fraction of sp³-hybridized carbons (Fsp3) is 0.455. The predicted octanol–water partition coefficient (Wildman–Crippen LogP) is 3.45. The molecule has 84 valence electrons. The number of hydrogen-bond acceptors (Lipinski definition) is 2. The molecule has 0 aliphatic heterocycles. The molecular formula is C11H14BrFOS. The summed E-state index contributed by atoms with van der Waals surface area (Å²) in [6.45, 7) is 2.17. The van der Waals surface area contributed by atoms with Crippen LogP contribution in [0, 0.1) is 11.7 Å². The van der Waals surface area contributed by atoms with E-state index in [1.807, 2.05) is 13.0 Å². The molecule has 0 aromatic heterocycles. The van der Waals surface area contributed by atoms with E-state index in [1.165, 1.54) is 6.07 Å². The average molecular weight is 293 g/mol. The molecule has 0 saturated carbocycles. The molecule has 4 heteroatoms. The first-order valence-electron chi connectivity index (χ1n) is 4.76. The predicted molar refractivity (Wildman–Crippen MR) is 66.5 cm³/mol. The van der Waals surface area contributed by atoms with Gasteiger partial charge in [0.05, 0.1) is 0 Å². The van der Waals surface area contributed by atoms with Crippen LogP contribution in [0.1, 0.15) is 12.5 Å². The first kappa shape index (κ1) is 13.0. The van der Waals surface area contributed by atoms with Gasteiger partial charge in [0.15, 0.2) is 0 Å². The molecule has 15 heavy (non-hydrogen) atoms. The monoisotopic (exact) mass is 292 g/mol. The minimum absolute atomic E-state index is 0.173. The smallest absolute Gasteiger partial charge is 0.128 e. The molecule has 1 aromatic carbocycles. The molecule has 0 spiro atoms.